The zero-order valence-electron chi connectivity index (χ0n) is 10.2. The molecular formula is C16H12Cl2O. The van der Waals surface area contributed by atoms with E-state index in [1.807, 2.05) is 36.4 Å². The summed E-state index contributed by atoms with van der Waals surface area (Å²) in [4.78, 5) is 11.9. The summed E-state index contributed by atoms with van der Waals surface area (Å²) in [7, 11) is 0. The third-order valence-corrected chi connectivity index (χ3v) is 4.20. The first-order valence-electron chi connectivity index (χ1n) is 6.24. The fraction of sp³-hybridized carbons (Fsp3) is 0.188. The van der Waals surface area contributed by atoms with Crippen molar-refractivity contribution in [3.63, 3.8) is 0 Å². The van der Waals surface area contributed by atoms with Gasteiger partial charge in [0.15, 0.2) is 5.78 Å². The monoisotopic (exact) mass is 290 g/mol. The van der Waals surface area contributed by atoms with E-state index in [1.54, 1.807) is 6.07 Å². The van der Waals surface area contributed by atoms with Crippen molar-refractivity contribution in [2.75, 3.05) is 0 Å². The molecule has 0 amide bonds. The number of hydrogen-bond donors (Lipinski definition) is 0. The molecule has 0 aromatic heterocycles. The SMILES string of the molecule is O=C1CC[C@@H](c2ccc(Cl)cc2Cl)c2ccccc21. The highest BCUT2D eigenvalue weighted by molar-refractivity contribution is 6.35. The highest BCUT2D eigenvalue weighted by Crippen LogP contribution is 2.39. The van der Waals surface area contributed by atoms with Gasteiger partial charge in [0.05, 0.1) is 0 Å². The van der Waals surface area contributed by atoms with Gasteiger partial charge in [-0.2, -0.15) is 0 Å². The predicted molar refractivity (Wildman–Crippen MR) is 78.3 cm³/mol. The first-order valence-corrected chi connectivity index (χ1v) is 6.99. The van der Waals surface area contributed by atoms with Gasteiger partial charge in [-0.25, -0.2) is 0 Å². The first kappa shape index (κ1) is 12.7. The van der Waals surface area contributed by atoms with E-state index < -0.39 is 0 Å². The Hall–Kier alpha value is -1.31. The number of Topliss-reactive ketones (excluding diaryl/α,β-unsaturated/α-hetero) is 1. The van der Waals surface area contributed by atoms with Crippen LogP contribution in [-0.4, -0.2) is 5.78 Å². The molecule has 0 fully saturated rings. The lowest BCUT2D eigenvalue weighted by atomic mass is 9.78. The standard InChI is InChI=1S/C16H12Cl2O/c17-10-5-6-13(15(18)9-10)12-7-8-16(19)14-4-2-1-3-11(12)14/h1-6,9,12H,7-8H2/t12-/m1/s1. The minimum absolute atomic E-state index is 0.179. The molecule has 96 valence electrons. The largest absolute Gasteiger partial charge is 0.294 e. The molecular weight excluding hydrogens is 279 g/mol. The zero-order valence-corrected chi connectivity index (χ0v) is 11.7. The number of halogens is 2. The molecule has 0 radical (unpaired) electrons. The molecule has 1 nitrogen and oxygen atoms in total. The summed E-state index contributed by atoms with van der Waals surface area (Å²) in [6.07, 6.45) is 1.37. The van der Waals surface area contributed by atoms with Crippen LogP contribution in [0.3, 0.4) is 0 Å². The predicted octanol–water partition coefficient (Wildman–Crippen LogP) is 5.10. The maximum absolute atomic E-state index is 11.9. The normalized spacial score (nSPS) is 18.2. The zero-order chi connectivity index (χ0) is 13.4. The van der Waals surface area contributed by atoms with Crippen LogP contribution < -0.4 is 0 Å². The molecule has 2 aromatic rings. The molecule has 0 N–H and O–H groups in total. The Bertz CT molecular complexity index is 649. The van der Waals surface area contributed by atoms with Crippen LogP contribution >= 0.6 is 23.2 Å². The molecule has 0 aliphatic heterocycles. The smallest absolute Gasteiger partial charge is 0.163 e. The Balaban J connectivity index is 2.12. The Labute approximate surface area is 122 Å². The molecule has 0 heterocycles. The average Bonchev–Trinajstić information content (AvgIpc) is 2.41. The van der Waals surface area contributed by atoms with Crippen molar-refractivity contribution in [3.05, 3.63) is 69.2 Å². The van der Waals surface area contributed by atoms with Crippen LogP contribution in [0.15, 0.2) is 42.5 Å². The van der Waals surface area contributed by atoms with Gasteiger partial charge in [0.25, 0.3) is 0 Å². The summed E-state index contributed by atoms with van der Waals surface area (Å²) in [5.74, 6) is 0.399. The molecule has 0 spiro atoms. The second-order valence-electron chi connectivity index (χ2n) is 4.77. The van der Waals surface area contributed by atoms with Crippen LogP contribution in [0.5, 0.6) is 0 Å². The van der Waals surface area contributed by atoms with Crippen molar-refractivity contribution < 1.29 is 4.79 Å². The van der Waals surface area contributed by atoms with Crippen molar-refractivity contribution in [2.24, 2.45) is 0 Å². The van der Waals surface area contributed by atoms with Crippen molar-refractivity contribution in [1.29, 1.82) is 0 Å². The van der Waals surface area contributed by atoms with Gasteiger partial charge in [0, 0.05) is 27.9 Å². The Kier molecular flexibility index (Phi) is 3.34. The molecule has 3 heteroatoms. The fourth-order valence-corrected chi connectivity index (χ4v) is 3.27. The molecule has 0 unspecified atom stereocenters. The maximum Gasteiger partial charge on any atom is 0.163 e. The topological polar surface area (TPSA) is 17.1 Å². The Morgan fingerprint density at radius 3 is 2.58 bits per heavy atom. The second kappa shape index (κ2) is 4.99. The highest BCUT2D eigenvalue weighted by atomic mass is 35.5. The maximum atomic E-state index is 11.9. The quantitative estimate of drug-likeness (QED) is 0.714. The number of carbonyl (C=O) groups is 1. The third kappa shape index (κ3) is 2.29. The number of benzene rings is 2. The summed E-state index contributed by atoms with van der Waals surface area (Å²) in [5, 5.41) is 1.30. The lowest BCUT2D eigenvalue weighted by Crippen LogP contribution is -2.16. The summed E-state index contributed by atoms with van der Waals surface area (Å²) in [5.41, 5.74) is 2.94. The van der Waals surface area contributed by atoms with Crippen molar-refractivity contribution in [1.82, 2.24) is 0 Å². The lowest BCUT2D eigenvalue weighted by molar-refractivity contribution is 0.0969. The van der Waals surface area contributed by atoms with Gasteiger partial charge in [0.1, 0.15) is 0 Å². The summed E-state index contributed by atoms with van der Waals surface area (Å²) in [6.45, 7) is 0. The Morgan fingerprint density at radius 1 is 1.00 bits per heavy atom. The number of hydrogen-bond acceptors (Lipinski definition) is 1. The fourth-order valence-electron chi connectivity index (χ4n) is 2.73. The molecule has 1 aliphatic carbocycles. The second-order valence-corrected chi connectivity index (χ2v) is 5.61. The van der Waals surface area contributed by atoms with Gasteiger partial charge in [-0.1, -0.05) is 53.5 Å². The van der Waals surface area contributed by atoms with E-state index >= 15 is 0 Å². The van der Waals surface area contributed by atoms with Crippen molar-refractivity contribution >= 4 is 29.0 Å². The molecule has 1 atom stereocenters. The van der Waals surface area contributed by atoms with E-state index in [4.69, 9.17) is 23.2 Å². The van der Waals surface area contributed by atoms with E-state index in [1.165, 1.54) is 0 Å². The lowest BCUT2D eigenvalue weighted by Gasteiger charge is -2.25. The van der Waals surface area contributed by atoms with E-state index in [0.717, 1.165) is 23.1 Å². The van der Waals surface area contributed by atoms with E-state index in [2.05, 4.69) is 0 Å². The van der Waals surface area contributed by atoms with Crippen LogP contribution in [0, 0.1) is 0 Å². The van der Waals surface area contributed by atoms with Gasteiger partial charge < -0.3 is 0 Å². The number of ketones is 1. The summed E-state index contributed by atoms with van der Waals surface area (Å²) in [6, 6.07) is 13.4. The number of fused-ring (bicyclic) bond motifs is 1. The molecule has 3 rings (SSSR count). The van der Waals surface area contributed by atoms with Crippen LogP contribution in [0.4, 0.5) is 0 Å². The van der Waals surface area contributed by atoms with Gasteiger partial charge in [-0.15, -0.1) is 0 Å². The van der Waals surface area contributed by atoms with Crippen LogP contribution in [0.1, 0.15) is 40.2 Å². The summed E-state index contributed by atoms with van der Waals surface area (Å²) < 4.78 is 0. The molecule has 2 aromatic carbocycles. The minimum atomic E-state index is 0.179. The van der Waals surface area contributed by atoms with E-state index in [9.17, 15) is 4.79 Å². The molecule has 0 saturated carbocycles. The molecule has 0 saturated heterocycles. The van der Waals surface area contributed by atoms with Gasteiger partial charge >= 0.3 is 0 Å². The molecule has 1 aliphatic rings. The van der Waals surface area contributed by atoms with Gasteiger partial charge in [-0.05, 0) is 29.7 Å². The molecule has 19 heavy (non-hydrogen) atoms. The van der Waals surface area contributed by atoms with Gasteiger partial charge in [0.2, 0.25) is 0 Å². The van der Waals surface area contributed by atoms with Crippen LogP contribution in [-0.2, 0) is 0 Å². The van der Waals surface area contributed by atoms with E-state index in [0.29, 0.717) is 16.5 Å². The third-order valence-electron chi connectivity index (χ3n) is 3.63. The summed E-state index contributed by atoms with van der Waals surface area (Å²) >= 11 is 12.2. The first-order chi connectivity index (χ1) is 9.16. The van der Waals surface area contributed by atoms with Crippen LogP contribution in [0.2, 0.25) is 10.0 Å². The number of carbonyl (C=O) groups excluding carboxylic acids is 1. The molecule has 0 bridgehead atoms. The van der Waals surface area contributed by atoms with Crippen molar-refractivity contribution in [3.8, 4) is 0 Å². The van der Waals surface area contributed by atoms with E-state index in [-0.39, 0.29) is 11.7 Å². The van der Waals surface area contributed by atoms with Crippen molar-refractivity contribution in [2.45, 2.75) is 18.8 Å². The Morgan fingerprint density at radius 2 is 1.79 bits per heavy atom. The van der Waals surface area contributed by atoms with Crippen LogP contribution in [0.25, 0.3) is 0 Å². The average molecular weight is 291 g/mol. The van der Waals surface area contributed by atoms with Gasteiger partial charge in [-0.3, -0.25) is 4.79 Å². The highest BCUT2D eigenvalue weighted by Gasteiger charge is 2.27. The number of rotatable bonds is 1. The minimum Gasteiger partial charge on any atom is -0.294 e.